The fourth-order valence-corrected chi connectivity index (χ4v) is 0. The van der Waals surface area contributed by atoms with Crippen LogP contribution < -0.4 is 0 Å². The monoisotopic (exact) mass is 218 g/mol. The Bertz CT molecular complexity index is 37.3. The standard InChI is InChI=1S/C4H8ClI/c1-3-4(2,5)6/h3H2,1-2H3. The molecule has 0 aliphatic heterocycles. The van der Waals surface area contributed by atoms with Gasteiger partial charge in [-0.2, -0.15) is 0 Å². The molecule has 6 heavy (non-hydrogen) atoms. The lowest BCUT2D eigenvalue weighted by Gasteiger charge is -2.06. The van der Waals surface area contributed by atoms with Crippen molar-refractivity contribution in [2.75, 3.05) is 0 Å². The minimum absolute atomic E-state index is 0.0161. The predicted molar refractivity (Wildman–Crippen MR) is 38.6 cm³/mol. The number of alkyl halides is 2. The van der Waals surface area contributed by atoms with Crippen molar-refractivity contribution in [3.63, 3.8) is 0 Å². The van der Waals surface area contributed by atoms with E-state index in [1.165, 1.54) is 0 Å². The van der Waals surface area contributed by atoms with E-state index >= 15 is 0 Å². The van der Waals surface area contributed by atoms with Crippen LogP contribution in [0.15, 0.2) is 0 Å². The smallest absolute Gasteiger partial charge is 0.0926 e. The molecule has 0 saturated heterocycles. The average Bonchev–Trinajstić information content (AvgIpc) is 1.35. The zero-order valence-electron chi connectivity index (χ0n) is 3.96. The van der Waals surface area contributed by atoms with Crippen molar-refractivity contribution in [2.45, 2.75) is 23.1 Å². The van der Waals surface area contributed by atoms with E-state index in [2.05, 4.69) is 29.5 Å². The molecule has 0 aromatic carbocycles. The van der Waals surface area contributed by atoms with E-state index in [0.717, 1.165) is 6.42 Å². The maximum atomic E-state index is 5.70. The molecular formula is C4H8ClI. The first-order valence-electron chi connectivity index (χ1n) is 1.94. The molecule has 0 aromatic heterocycles. The molecule has 2 heteroatoms. The summed E-state index contributed by atoms with van der Waals surface area (Å²) in [7, 11) is 0. The number of halogens is 2. The van der Waals surface area contributed by atoms with Crippen molar-refractivity contribution in [2.24, 2.45) is 0 Å². The van der Waals surface area contributed by atoms with Gasteiger partial charge in [0.1, 0.15) is 0 Å². The molecule has 0 rings (SSSR count). The third-order valence-electron chi connectivity index (χ3n) is 0.621. The first kappa shape index (κ1) is 7.02. The Morgan fingerprint density at radius 3 is 2.00 bits per heavy atom. The average molecular weight is 218 g/mol. The fourth-order valence-electron chi connectivity index (χ4n) is 0. The summed E-state index contributed by atoms with van der Waals surface area (Å²) in [4.78, 5) is 0. The molecule has 0 N–H and O–H groups in total. The maximum absolute atomic E-state index is 5.70. The number of rotatable bonds is 1. The lowest BCUT2D eigenvalue weighted by molar-refractivity contribution is 0.868. The van der Waals surface area contributed by atoms with Crippen LogP contribution in [0.5, 0.6) is 0 Å². The molecule has 0 spiro atoms. The van der Waals surface area contributed by atoms with Crippen molar-refractivity contribution >= 4 is 34.2 Å². The van der Waals surface area contributed by atoms with E-state index < -0.39 is 0 Å². The highest BCUT2D eigenvalue weighted by atomic mass is 127. The van der Waals surface area contributed by atoms with Gasteiger partial charge in [0, 0.05) is 0 Å². The van der Waals surface area contributed by atoms with Crippen LogP contribution in [0.1, 0.15) is 20.3 Å². The molecule has 1 atom stereocenters. The van der Waals surface area contributed by atoms with Gasteiger partial charge in [0.15, 0.2) is 0 Å². The summed E-state index contributed by atoms with van der Waals surface area (Å²) < 4.78 is -0.0161. The van der Waals surface area contributed by atoms with Crippen LogP contribution in [0.25, 0.3) is 0 Å². The second-order valence-electron chi connectivity index (χ2n) is 1.42. The highest BCUT2D eigenvalue weighted by molar-refractivity contribution is 14.1. The van der Waals surface area contributed by atoms with Crippen molar-refractivity contribution in [3.8, 4) is 0 Å². The number of hydrogen-bond donors (Lipinski definition) is 0. The second kappa shape index (κ2) is 2.36. The fraction of sp³-hybridized carbons (Fsp3) is 1.00. The van der Waals surface area contributed by atoms with Crippen LogP contribution in [0.3, 0.4) is 0 Å². The Hall–Kier alpha value is 1.02. The summed E-state index contributed by atoms with van der Waals surface area (Å²) in [5.41, 5.74) is 0. The minimum Gasteiger partial charge on any atom is -0.108 e. The van der Waals surface area contributed by atoms with E-state index in [1.807, 2.05) is 6.92 Å². The van der Waals surface area contributed by atoms with E-state index in [9.17, 15) is 0 Å². The van der Waals surface area contributed by atoms with Crippen LogP contribution in [-0.2, 0) is 0 Å². The topological polar surface area (TPSA) is 0 Å². The van der Waals surface area contributed by atoms with Crippen molar-refractivity contribution < 1.29 is 0 Å². The zero-order valence-corrected chi connectivity index (χ0v) is 6.88. The summed E-state index contributed by atoms with van der Waals surface area (Å²) in [6, 6.07) is 0. The Morgan fingerprint density at radius 1 is 1.83 bits per heavy atom. The molecule has 0 fully saturated rings. The van der Waals surface area contributed by atoms with E-state index in [1.54, 1.807) is 0 Å². The highest BCUT2D eigenvalue weighted by Gasteiger charge is 2.09. The van der Waals surface area contributed by atoms with Crippen molar-refractivity contribution in [1.82, 2.24) is 0 Å². The maximum Gasteiger partial charge on any atom is 0.0926 e. The van der Waals surface area contributed by atoms with Crippen LogP contribution >= 0.6 is 34.2 Å². The second-order valence-corrected chi connectivity index (χ2v) is 5.28. The van der Waals surface area contributed by atoms with Crippen molar-refractivity contribution in [3.05, 3.63) is 0 Å². The van der Waals surface area contributed by atoms with Crippen LogP contribution in [0, 0.1) is 0 Å². The summed E-state index contributed by atoms with van der Waals surface area (Å²) in [5.74, 6) is 0. The van der Waals surface area contributed by atoms with Gasteiger partial charge in [-0.1, -0.05) is 29.5 Å². The summed E-state index contributed by atoms with van der Waals surface area (Å²) >= 11 is 7.91. The highest BCUT2D eigenvalue weighted by Crippen LogP contribution is 2.25. The Balaban J connectivity index is 3.17. The van der Waals surface area contributed by atoms with Gasteiger partial charge in [0.25, 0.3) is 0 Å². The van der Waals surface area contributed by atoms with Gasteiger partial charge in [0.05, 0.1) is 2.88 Å². The van der Waals surface area contributed by atoms with Crippen LogP contribution in [0.2, 0.25) is 0 Å². The SMILES string of the molecule is CCC(C)(Cl)I. The Kier molecular flexibility index (Phi) is 2.76. The van der Waals surface area contributed by atoms with E-state index in [4.69, 9.17) is 11.6 Å². The normalized spacial score (nSPS) is 20.0. The van der Waals surface area contributed by atoms with Gasteiger partial charge in [-0.05, 0) is 13.3 Å². The molecule has 0 heterocycles. The molecule has 0 aliphatic rings. The Labute approximate surface area is 57.4 Å². The molecule has 0 aliphatic carbocycles. The molecule has 1 unspecified atom stereocenters. The van der Waals surface area contributed by atoms with Gasteiger partial charge in [-0.25, -0.2) is 0 Å². The molecule has 0 bridgehead atoms. The molecule has 0 radical (unpaired) electrons. The Morgan fingerprint density at radius 2 is 2.00 bits per heavy atom. The first-order valence-corrected chi connectivity index (χ1v) is 3.40. The lowest BCUT2D eigenvalue weighted by atomic mass is 10.4. The number of hydrogen-bond acceptors (Lipinski definition) is 0. The van der Waals surface area contributed by atoms with E-state index in [0.29, 0.717) is 0 Å². The molecule has 0 nitrogen and oxygen atoms in total. The van der Waals surface area contributed by atoms with Gasteiger partial charge in [-0.15, -0.1) is 11.6 Å². The molecule has 0 amide bonds. The van der Waals surface area contributed by atoms with Crippen LogP contribution in [-0.4, -0.2) is 2.88 Å². The van der Waals surface area contributed by atoms with Crippen molar-refractivity contribution in [1.29, 1.82) is 0 Å². The summed E-state index contributed by atoms with van der Waals surface area (Å²) in [6.45, 7) is 4.06. The van der Waals surface area contributed by atoms with Gasteiger partial charge < -0.3 is 0 Å². The first-order chi connectivity index (χ1) is 2.56. The predicted octanol–water partition coefficient (Wildman–Crippen LogP) is 2.79. The molecule has 0 aromatic rings. The largest absolute Gasteiger partial charge is 0.108 e. The zero-order chi connectivity index (χ0) is 5.21. The summed E-state index contributed by atoms with van der Waals surface area (Å²) in [5, 5.41) is 0. The quantitative estimate of drug-likeness (QED) is 0.469. The third kappa shape index (κ3) is 5.02. The molecular weight excluding hydrogens is 210 g/mol. The van der Waals surface area contributed by atoms with Gasteiger partial charge in [0.2, 0.25) is 0 Å². The third-order valence-corrected chi connectivity index (χ3v) is 1.65. The van der Waals surface area contributed by atoms with E-state index in [-0.39, 0.29) is 2.88 Å². The van der Waals surface area contributed by atoms with Crippen LogP contribution in [0.4, 0.5) is 0 Å². The molecule has 0 saturated carbocycles. The lowest BCUT2D eigenvalue weighted by Crippen LogP contribution is -1.99. The minimum atomic E-state index is -0.0161. The van der Waals surface area contributed by atoms with Gasteiger partial charge >= 0.3 is 0 Å². The van der Waals surface area contributed by atoms with Gasteiger partial charge in [-0.3, -0.25) is 0 Å². The molecule has 38 valence electrons. The summed E-state index contributed by atoms with van der Waals surface area (Å²) in [6.07, 6.45) is 1.02.